The summed E-state index contributed by atoms with van der Waals surface area (Å²) in [5.41, 5.74) is 3.07. The fourth-order valence-electron chi connectivity index (χ4n) is 3.71. The molecule has 1 unspecified atom stereocenters. The van der Waals surface area contributed by atoms with Gasteiger partial charge in [0.25, 0.3) is 0 Å². The number of rotatable bonds is 7. The standard InChI is InChI=1S/C22H27N5O/c1-23-19-9-5-6-10-20(19)24-13-21-25-18-8-4-3-7-17(18)22(26-21)27(2)14-16-11-12-28-15-16/h3-10,16,23-24H,11-15H2,1-2H3. The van der Waals surface area contributed by atoms with Crippen LogP contribution < -0.4 is 15.5 Å². The highest BCUT2D eigenvalue weighted by Gasteiger charge is 2.20. The van der Waals surface area contributed by atoms with Gasteiger partial charge in [-0.3, -0.25) is 0 Å². The maximum atomic E-state index is 5.54. The maximum absolute atomic E-state index is 5.54. The molecule has 1 saturated heterocycles. The van der Waals surface area contributed by atoms with Crippen LogP contribution in [0.4, 0.5) is 17.2 Å². The van der Waals surface area contributed by atoms with E-state index in [2.05, 4.69) is 40.8 Å². The normalized spacial score (nSPS) is 16.3. The number of para-hydroxylation sites is 3. The number of nitrogens with one attached hydrogen (secondary N) is 2. The topological polar surface area (TPSA) is 62.3 Å². The lowest BCUT2D eigenvalue weighted by atomic mass is 10.1. The molecule has 4 rings (SSSR count). The molecule has 2 heterocycles. The number of aromatic nitrogens is 2. The zero-order valence-electron chi connectivity index (χ0n) is 16.5. The van der Waals surface area contributed by atoms with Crippen LogP contribution in [0.25, 0.3) is 10.9 Å². The minimum absolute atomic E-state index is 0.558. The van der Waals surface area contributed by atoms with Gasteiger partial charge in [-0.25, -0.2) is 9.97 Å². The average Bonchev–Trinajstić information content (AvgIpc) is 3.24. The van der Waals surface area contributed by atoms with Crippen LogP contribution in [0.15, 0.2) is 48.5 Å². The molecule has 3 aromatic rings. The summed E-state index contributed by atoms with van der Waals surface area (Å²) in [4.78, 5) is 11.9. The van der Waals surface area contributed by atoms with E-state index in [-0.39, 0.29) is 0 Å². The number of ether oxygens (including phenoxy) is 1. The fraction of sp³-hybridized carbons (Fsp3) is 0.364. The first-order chi connectivity index (χ1) is 13.7. The molecule has 0 bridgehead atoms. The van der Waals surface area contributed by atoms with Crippen molar-refractivity contribution in [2.24, 2.45) is 5.92 Å². The number of hydrogen-bond donors (Lipinski definition) is 2. The van der Waals surface area contributed by atoms with Crippen LogP contribution in [0.1, 0.15) is 12.2 Å². The van der Waals surface area contributed by atoms with Gasteiger partial charge in [-0.1, -0.05) is 24.3 Å². The summed E-state index contributed by atoms with van der Waals surface area (Å²) in [6.07, 6.45) is 1.11. The largest absolute Gasteiger partial charge is 0.386 e. The molecule has 2 aromatic carbocycles. The summed E-state index contributed by atoms with van der Waals surface area (Å²) in [7, 11) is 4.04. The van der Waals surface area contributed by atoms with Gasteiger partial charge in [-0.15, -0.1) is 0 Å². The van der Waals surface area contributed by atoms with Crippen LogP contribution in [0.3, 0.4) is 0 Å². The Hall–Kier alpha value is -2.86. The second kappa shape index (κ2) is 8.44. The van der Waals surface area contributed by atoms with Gasteiger partial charge >= 0.3 is 0 Å². The number of hydrogen-bond acceptors (Lipinski definition) is 6. The lowest BCUT2D eigenvalue weighted by Gasteiger charge is -2.23. The Kier molecular flexibility index (Phi) is 5.58. The first-order valence-electron chi connectivity index (χ1n) is 9.80. The van der Waals surface area contributed by atoms with Crippen molar-refractivity contribution >= 4 is 28.1 Å². The lowest BCUT2D eigenvalue weighted by molar-refractivity contribution is 0.186. The van der Waals surface area contributed by atoms with Crippen LogP contribution >= 0.6 is 0 Å². The van der Waals surface area contributed by atoms with Crippen molar-refractivity contribution in [1.82, 2.24) is 9.97 Å². The molecular weight excluding hydrogens is 350 g/mol. The molecule has 28 heavy (non-hydrogen) atoms. The summed E-state index contributed by atoms with van der Waals surface area (Å²) < 4.78 is 5.54. The highest BCUT2D eigenvalue weighted by Crippen LogP contribution is 2.26. The Morgan fingerprint density at radius 2 is 1.86 bits per heavy atom. The zero-order chi connectivity index (χ0) is 19.3. The molecule has 146 valence electrons. The van der Waals surface area contributed by atoms with E-state index in [1.807, 2.05) is 37.4 Å². The maximum Gasteiger partial charge on any atom is 0.150 e. The summed E-state index contributed by atoms with van der Waals surface area (Å²) in [6.45, 7) is 3.21. The first-order valence-corrected chi connectivity index (χ1v) is 9.80. The van der Waals surface area contributed by atoms with Crippen LogP contribution in [-0.2, 0) is 11.3 Å². The molecule has 0 radical (unpaired) electrons. The van der Waals surface area contributed by atoms with Crippen LogP contribution in [0, 0.1) is 5.92 Å². The molecule has 1 fully saturated rings. The highest BCUT2D eigenvalue weighted by atomic mass is 16.5. The van der Waals surface area contributed by atoms with E-state index >= 15 is 0 Å². The van der Waals surface area contributed by atoms with E-state index in [0.717, 1.165) is 60.1 Å². The molecule has 1 atom stereocenters. The van der Waals surface area contributed by atoms with E-state index in [0.29, 0.717) is 12.5 Å². The van der Waals surface area contributed by atoms with Gasteiger partial charge in [0, 0.05) is 38.6 Å². The SMILES string of the molecule is CNc1ccccc1NCc1nc(N(C)CC2CCOC2)c2ccccc2n1. The van der Waals surface area contributed by atoms with Crippen molar-refractivity contribution < 1.29 is 4.74 Å². The number of fused-ring (bicyclic) bond motifs is 1. The average molecular weight is 377 g/mol. The van der Waals surface area contributed by atoms with Crippen molar-refractivity contribution in [2.45, 2.75) is 13.0 Å². The Morgan fingerprint density at radius 1 is 1.07 bits per heavy atom. The predicted octanol–water partition coefficient (Wildman–Crippen LogP) is 3.76. The van der Waals surface area contributed by atoms with E-state index in [1.165, 1.54) is 0 Å². The van der Waals surface area contributed by atoms with Crippen LogP contribution in [0.2, 0.25) is 0 Å². The minimum Gasteiger partial charge on any atom is -0.386 e. The smallest absolute Gasteiger partial charge is 0.150 e. The van der Waals surface area contributed by atoms with Gasteiger partial charge in [-0.2, -0.15) is 0 Å². The lowest BCUT2D eigenvalue weighted by Crippen LogP contribution is -2.27. The van der Waals surface area contributed by atoms with Crippen molar-refractivity contribution in [3.05, 3.63) is 54.4 Å². The molecule has 0 saturated carbocycles. The Bertz CT molecular complexity index is 939. The molecule has 2 N–H and O–H groups in total. The van der Waals surface area contributed by atoms with Gasteiger partial charge in [0.15, 0.2) is 0 Å². The fourth-order valence-corrected chi connectivity index (χ4v) is 3.71. The number of anilines is 3. The molecule has 6 heteroatoms. The van der Waals surface area contributed by atoms with E-state index < -0.39 is 0 Å². The minimum atomic E-state index is 0.558. The summed E-state index contributed by atoms with van der Waals surface area (Å²) in [6, 6.07) is 16.4. The first kappa shape index (κ1) is 18.5. The van der Waals surface area contributed by atoms with Gasteiger partial charge < -0.3 is 20.3 Å². The van der Waals surface area contributed by atoms with Gasteiger partial charge in [0.2, 0.25) is 0 Å². The van der Waals surface area contributed by atoms with Crippen molar-refractivity contribution in [3.63, 3.8) is 0 Å². The van der Waals surface area contributed by atoms with Crippen LogP contribution in [0.5, 0.6) is 0 Å². The van der Waals surface area contributed by atoms with E-state index in [9.17, 15) is 0 Å². The van der Waals surface area contributed by atoms with Crippen molar-refractivity contribution in [3.8, 4) is 0 Å². The molecule has 1 aromatic heterocycles. The van der Waals surface area contributed by atoms with E-state index in [1.54, 1.807) is 0 Å². The number of nitrogens with zero attached hydrogens (tertiary/aromatic N) is 3. The quantitative estimate of drug-likeness (QED) is 0.654. The third kappa shape index (κ3) is 4.02. The molecule has 1 aliphatic heterocycles. The molecule has 1 aliphatic rings. The highest BCUT2D eigenvalue weighted by molar-refractivity contribution is 5.89. The third-order valence-corrected chi connectivity index (χ3v) is 5.18. The van der Waals surface area contributed by atoms with Gasteiger partial charge in [0.1, 0.15) is 11.6 Å². The zero-order valence-corrected chi connectivity index (χ0v) is 16.5. The molecule has 0 aliphatic carbocycles. The molecule has 0 amide bonds. The second-order valence-electron chi connectivity index (χ2n) is 7.24. The summed E-state index contributed by atoms with van der Waals surface area (Å²) in [5.74, 6) is 2.33. The Balaban J connectivity index is 1.60. The summed E-state index contributed by atoms with van der Waals surface area (Å²) >= 11 is 0. The second-order valence-corrected chi connectivity index (χ2v) is 7.24. The van der Waals surface area contributed by atoms with E-state index in [4.69, 9.17) is 14.7 Å². The number of benzene rings is 2. The third-order valence-electron chi connectivity index (χ3n) is 5.18. The summed E-state index contributed by atoms with van der Waals surface area (Å²) in [5, 5.41) is 7.75. The van der Waals surface area contributed by atoms with Gasteiger partial charge in [0.05, 0.1) is 30.0 Å². The molecule has 0 spiro atoms. The van der Waals surface area contributed by atoms with Crippen molar-refractivity contribution in [2.75, 3.05) is 49.4 Å². The predicted molar refractivity (Wildman–Crippen MR) is 115 cm³/mol. The van der Waals surface area contributed by atoms with Crippen LogP contribution in [-0.4, -0.2) is 43.8 Å². The van der Waals surface area contributed by atoms with Gasteiger partial charge in [-0.05, 0) is 30.7 Å². The monoisotopic (exact) mass is 377 g/mol. The molecule has 6 nitrogen and oxygen atoms in total. The van der Waals surface area contributed by atoms with Crippen molar-refractivity contribution in [1.29, 1.82) is 0 Å². The Morgan fingerprint density at radius 3 is 2.64 bits per heavy atom. The Labute approximate surface area is 165 Å². The molecular formula is C22H27N5O.